The zero-order valence-electron chi connectivity index (χ0n) is 11.7. The molecular formula is C15H19BrO4. The van der Waals surface area contributed by atoms with Crippen LogP contribution in [0.4, 0.5) is 0 Å². The third-order valence-corrected chi connectivity index (χ3v) is 3.91. The topological polar surface area (TPSA) is 44.8 Å². The summed E-state index contributed by atoms with van der Waals surface area (Å²) in [6, 6.07) is 5.36. The van der Waals surface area contributed by atoms with E-state index in [2.05, 4.69) is 15.9 Å². The minimum Gasteiger partial charge on any atom is -0.490 e. The molecule has 0 aromatic heterocycles. The molecule has 2 rings (SSSR count). The fourth-order valence-corrected chi connectivity index (χ4v) is 2.68. The van der Waals surface area contributed by atoms with Crippen LogP contribution in [0, 0.1) is 0 Å². The monoisotopic (exact) mass is 342 g/mol. The van der Waals surface area contributed by atoms with Crippen LogP contribution in [-0.4, -0.2) is 38.3 Å². The molecule has 0 N–H and O–H groups in total. The maximum absolute atomic E-state index is 12.3. The van der Waals surface area contributed by atoms with Gasteiger partial charge in [-0.15, -0.1) is 0 Å². The highest BCUT2D eigenvalue weighted by molar-refractivity contribution is 9.10. The van der Waals surface area contributed by atoms with E-state index in [1.807, 2.05) is 6.92 Å². The average molecular weight is 343 g/mol. The first-order valence-electron chi connectivity index (χ1n) is 6.72. The molecule has 5 heteroatoms. The Morgan fingerprint density at radius 3 is 2.80 bits per heavy atom. The van der Waals surface area contributed by atoms with Crippen LogP contribution >= 0.6 is 15.9 Å². The van der Waals surface area contributed by atoms with Crippen molar-refractivity contribution in [2.24, 2.45) is 0 Å². The summed E-state index contributed by atoms with van der Waals surface area (Å²) in [5.74, 6) is 0.748. The highest BCUT2D eigenvalue weighted by Crippen LogP contribution is 2.28. The fraction of sp³-hybridized carbons (Fsp3) is 0.533. The van der Waals surface area contributed by atoms with E-state index in [0.29, 0.717) is 24.5 Å². The smallest absolute Gasteiger partial charge is 0.191 e. The molecular weight excluding hydrogens is 324 g/mol. The minimum absolute atomic E-state index is 0.0403. The molecule has 2 atom stereocenters. The Morgan fingerprint density at radius 2 is 2.20 bits per heavy atom. The first-order chi connectivity index (χ1) is 9.61. The lowest BCUT2D eigenvalue weighted by Crippen LogP contribution is -2.20. The van der Waals surface area contributed by atoms with Crippen LogP contribution in [0.5, 0.6) is 5.75 Å². The molecule has 4 nitrogen and oxygen atoms in total. The standard InChI is InChI=1S/C15H19BrO4/c1-10-3-5-14(20-10)15(17)11-4-6-13(12(16)9-11)19-8-7-18-2/h4,6,9-10,14H,3,5,7-8H2,1-2H3. The molecule has 1 aromatic rings. The predicted molar refractivity (Wildman–Crippen MR) is 79.4 cm³/mol. The number of methoxy groups -OCH3 is 1. The number of ether oxygens (including phenoxy) is 3. The third kappa shape index (κ3) is 3.81. The molecule has 1 aliphatic heterocycles. The van der Waals surface area contributed by atoms with Crippen LogP contribution in [0.3, 0.4) is 0 Å². The van der Waals surface area contributed by atoms with E-state index in [-0.39, 0.29) is 18.0 Å². The van der Waals surface area contributed by atoms with Crippen LogP contribution in [0.15, 0.2) is 22.7 Å². The largest absolute Gasteiger partial charge is 0.490 e. The number of carbonyl (C=O) groups excluding carboxylic acids is 1. The molecule has 0 spiro atoms. The Hall–Kier alpha value is -0.910. The van der Waals surface area contributed by atoms with Crippen molar-refractivity contribution in [2.75, 3.05) is 20.3 Å². The van der Waals surface area contributed by atoms with Gasteiger partial charge in [0.15, 0.2) is 5.78 Å². The van der Waals surface area contributed by atoms with Gasteiger partial charge in [-0.1, -0.05) is 0 Å². The van der Waals surface area contributed by atoms with Crippen molar-refractivity contribution in [1.82, 2.24) is 0 Å². The van der Waals surface area contributed by atoms with Crippen molar-refractivity contribution in [1.29, 1.82) is 0 Å². The van der Waals surface area contributed by atoms with Gasteiger partial charge in [0.1, 0.15) is 18.5 Å². The van der Waals surface area contributed by atoms with Crippen LogP contribution in [0.25, 0.3) is 0 Å². The van der Waals surface area contributed by atoms with Crippen LogP contribution < -0.4 is 4.74 Å². The Bertz CT molecular complexity index is 475. The van der Waals surface area contributed by atoms with E-state index < -0.39 is 0 Å². The van der Waals surface area contributed by atoms with Gasteiger partial charge in [-0.25, -0.2) is 0 Å². The van der Waals surface area contributed by atoms with Crippen LogP contribution in [0.2, 0.25) is 0 Å². The zero-order valence-corrected chi connectivity index (χ0v) is 13.3. The van der Waals surface area contributed by atoms with E-state index >= 15 is 0 Å². The van der Waals surface area contributed by atoms with Gasteiger partial charge in [-0.05, 0) is 53.9 Å². The first kappa shape index (κ1) is 15.5. The molecule has 1 aromatic carbocycles. The Kier molecular flexibility index (Phi) is 5.57. The number of rotatable bonds is 6. The number of Topliss-reactive ketones (excluding diaryl/α,β-unsaturated/α-hetero) is 1. The molecule has 1 saturated heterocycles. The quantitative estimate of drug-likeness (QED) is 0.588. The SMILES string of the molecule is COCCOc1ccc(C(=O)C2CCC(C)O2)cc1Br. The van der Waals surface area contributed by atoms with Gasteiger partial charge in [0.05, 0.1) is 17.2 Å². The summed E-state index contributed by atoms with van der Waals surface area (Å²) in [7, 11) is 1.63. The molecule has 1 heterocycles. The molecule has 1 aliphatic rings. The van der Waals surface area contributed by atoms with Crippen molar-refractivity contribution >= 4 is 21.7 Å². The van der Waals surface area contributed by atoms with E-state index in [1.54, 1.807) is 25.3 Å². The number of hydrogen-bond donors (Lipinski definition) is 0. The van der Waals surface area contributed by atoms with E-state index in [1.165, 1.54) is 0 Å². The maximum Gasteiger partial charge on any atom is 0.191 e. The lowest BCUT2D eigenvalue weighted by atomic mass is 10.0. The molecule has 2 unspecified atom stereocenters. The summed E-state index contributed by atoms with van der Waals surface area (Å²) in [5.41, 5.74) is 0.648. The second-order valence-corrected chi connectivity index (χ2v) is 5.72. The van der Waals surface area contributed by atoms with E-state index in [0.717, 1.165) is 17.3 Å². The number of hydrogen-bond acceptors (Lipinski definition) is 4. The Balaban J connectivity index is 2.02. The first-order valence-corrected chi connectivity index (χ1v) is 7.52. The highest BCUT2D eigenvalue weighted by Gasteiger charge is 2.29. The summed E-state index contributed by atoms with van der Waals surface area (Å²) in [5, 5.41) is 0. The van der Waals surface area contributed by atoms with Gasteiger partial charge in [0.2, 0.25) is 0 Å². The number of benzene rings is 1. The summed E-state index contributed by atoms with van der Waals surface area (Å²) in [6.07, 6.45) is 1.60. The number of ketones is 1. The van der Waals surface area contributed by atoms with Crippen LogP contribution in [0.1, 0.15) is 30.1 Å². The molecule has 0 aliphatic carbocycles. The Morgan fingerprint density at radius 1 is 1.40 bits per heavy atom. The normalized spacial score (nSPS) is 21.9. The van der Waals surface area contributed by atoms with Crippen molar-refractivity contribution in [3.05, 3.63) is 28.2 Å². The molecule has 110 valence electrons. The molecule has 1 fully saturated rings. The second-order valence-electron chi connectivity index (χ2n) is 4.86. The van der Waals surface area contributed by atoms with Gasteiger partial charge in [-0.2, -0.15) is 0 Å². The van der Waals surface area contributed by atoms with E-state index in [4.69, 9.17) is 14.2 Å². The van der Waals surface area contributed by atoms with Gasteiger partial charge >= 0.3 is 0 Å². The summed E-state index contributed by atoms with van der Waals surface area (Å²) in [6.45, 7) is 3.00. The molecule has 0 amide bonds. The lowest BCUT2D eigenvalue weighted by molar-refractivity contribution is 0.0433. The molecule has 0 radical (unpaired) electrons. The second kappa shape index (κ2) is 7.20. The van der Waals surface area contributed by atoms with E-state index in [9.17, 15) is 4.79 Å². The maximum atomic E-state index is 12.3. The fourth-order valence-electron chi connectivity index (χ4n) is 2.19. The molecule has 20 heavy (non-hydrogen) atoms. The van der Waals surface area contributed by atoms with Gasteiger partial charge in [0, 0.05) is 12.7 Å². The number of halogens is 1. The minimum atomic E-state index is -0.308. The molecule has 0 bridgehead atoms. The van der Waals surface area contributed by atoms with Crippen LogP contribution in [-0.2, 0) is 9.47 Å². The van der Waals surface area contributed by atoms with Gasteiger partial charge in [0.25, 0.3) is 0 Å². The Labute approximate surface area is 127 Å². The predicted octanol–water partition coefficient (Wildman–Crippen LogP) is 3.22. The highest BCUT2D eigenvalue weighted by atomic mass is 79.9. The summed E-state index contributed by atoms with van der Waals surface area (Å²) < 4.78 is 16.9. The third-order valence-electron chi connectivity index (χ3n) is 3.29. The van der Waals surface area contributed by atoms with Crippen molar-refractivity contribution in [3.63, 3.8) is 0 Å². The zero-order chi connectivity index (χ0) is 14.5. The van der Waals surface area contributed by atoms with Crippen molar-refractivity contribution < 1.29 is 19.0 Å². The lowest BCUT2D eigenvalue weighted by Gasteiger charge is -2.12. The average Bonchev–Trinajstić information content (AvgIpc) is 2.86. The number of carbonyl (C=O) groups is 1. The summed E-state index contributed by atoms with van der Waals surface area (Å²) >= 11 is 3.43. The molecule has 0 saturated carbocycles. The van der Waals surface area contributed by atoms with Gasteiger partial charge in [-0.3, -0.25) is 4.79 Å². The summed E-state index contributed by atoms with van der Waals surface area (Å²) in [4.78, 5) is 12.3. The van der Waals surface area contributed by atoms with Crippen molar-refractivity contribution in [3.8, 4) is 5.75 Å². The van der Waals surface area contributed by atoms with Crippen molar-refractivity contribution in [2.45, 2.75) is 32.0 Å². The van der Waals surface area contributed by atoms with Gasteiger partial charge < -0.3 is 14.2 Å².